The van der Waals surface area contributed by atoms with E-state index in [1.807, 2.05) is 0 Å². The lowest BCUT2D eigenvalue weighted by molar-refractivity contribution is 0.0975. The zero-order chi connectivity index (χ0) is 10.6. The van der Waals surface area contributed by atoms with Crippen LogP contribution in [0.5, 0.6) is 5.75 Å². The van der Waals surface area contributed by atoms with Crippen molar-refractivity contribution in [2.24, 2.45) is 0 Å². The molecule has 0 radical (unpaired) electrons. The predicted molar refractivity (Wildman–Crippen MR) is 50.4 cm³/mol. The molecule has 0 heterocycles. The summed E-state index contributed by atoms with van der Waals surface area (Å²) in [5, 5.41) is 9.14. The third-order valence-electron chi connectivity index (χ3n) is 1.81. The second-order valence-corrected chi connectivity index (χ2v) is 3.26. The number of benzene rings is 1. The first-order chi connectivity index (χ1) is 6.58. The van der Waals surface area contributed by atoms with Crippen molar-refractivity contribution < 1.29 is 13.9 Å². The van der Waals surface area contributed by atoms with E-state index in [9.17, 15) is 8.78 Å². The Bertz CT molecular complexity index is 291. The average Bonchev–Trinajstić information content (AvgIpc) is 2.01. The Hall–Kier alpha value is -1.16. The fraction of sp³-hybridized carbons (Fsp3) is 0.400. The van der Waals surface area contributed by atoms with E-state index in [2.05, 4.69) is 0 Å². The summed E-state index contributed by atoms with van der Waals surface area (Å²) in [6, 6.07) is 6.61. The number of alkyl halides is 2. The lowest BCUT2D eigenvalue weighted by Crippen LogP contribution is -2.23. The maximum Gasteiger partial charge on any atom is 0.251 e. The molecule has 0 aromatic heterocycles. The Morgan fingerprint density at radius 1 is 1.43 bits per heavy atom. The number of halogens is 2. The second kappa shape index (κ2) is 4.91. The van der Waals surface area contributed by atoms with Crippen LogP contribution in [-0.4, -0.2) is 30.0 Å². The SMILES string of the molecule is CN(Cc1cccc(O)c1)CC(F)F. The van der Waals surface area contributed by atoms with Crippen LogP contribution in [0.3, 0.4) is 0 Å². The second-order valence-electron chi connectivity index (χ2n) is 3.26. The summed E-state index contributed by atoms with van der Waals surface area (Å²) < 4.78 is 24.0. The summed E-state index contributed by atoms with van der Waals surface area (Å²) in [5.74, 6) is 0.160. The molecule has 0 spiro atoms. The van der Waals surface area contributed by atoms with E-state index < -0.39 is 6.43 Å². The summed E-state index contributed by atoms with van der Waals surface area (Å²) in [6.45, 7) is 0.161. The minimum absolute atomic E-state index is 0.160. The maximum absolute atomic E-state index is 12.0. The maximum atomic E-state index is 12.0. The van der Waals surface area contributed by atoms with Gasteiger partial charge in [-0.2, -0.15) is 0 Å². The van der Waals surface area contributed by atoms with Crippen LogP contribution in [0.1, 0.15) is 5.56 Å². The van der Waals surface area contributed by atoms with Crippen LogP contribution in [0.2, 0.25) is 0 Å². The van der Waals surface area contributed by atoms with Gasteiger partial charge in [0.05, 0.1) is 6.54 Å². The van der Waals surface area contributed by atoms with Gasteiger partial charge in [-0.05, 0) is 24.7 Å². The molecule has 14 heavy (non-hydrogen) atoms. The number of nitrogens with zero attached hydrogens (tertiary/aromatic N) is 1. The molecule has 0 aliphatic heterocycles. The topological polar surface area (TPSA) is 23.5 Å². The van der Waals surface area contributed by atoms with E-state index in [0.717, 1.165) is 5.56 Å². The quantitative estimate of drug-likeness (QED) is 0.806. The smallest absolute Gasteiger partial charge is 0.251 e. The van der Waals surface area contributed by atoms with Crippen molar-refractivity contribution in [3.05, 3.63) is 29.8 Å². The molecule has 0 aliphatic carbocycles. The molecular weight excluding hydrogens is 188 g/mol. The predicted octanol–water partition coefficient (Wildman–Crippen LogP) is 2.09. The van der Waals surface area contributed by atoms with Crippen molar-refractivity contribution in [3.8, 4) is 5.75 Å². The summed E-state index contributed by atoms with van der Waals surface area (Å²) in [7, 11) is 1.62. The highest BCUT2D eigenvalue weighted by Crippen LogP contribution is 2.12. The summed E-state index contributed by atoms with van der Waals surface area (Å²) in [4.78, 5) is 1.51. The molecule has 1 aromatic carbocycles. The monoisotopic (exact) mass is 201 g/mol. The van der Waals surface area contributed by atoms with Crippen LogP contribution in [0.4, 0.5) is 8.78 Å². The van der Waals surface area contributed by atoms with Crippen LogP contribution in [0.25, 0.3) is 0 Å². The molecule has 0 atom stereocenters. The third kappa shape index (κ3) is 3.70. The van der Waals surface area contributed by atoms with Crippen molar-refractivity contribution in [2.75, 3.05) is 13.6 Å². The van der Waals surface area contributed by atoms with Gasteiger partial charge >= 0.3 is 0 Å². The van der Waals surface area contributed by atoms with Crippen molar-refractivity contribution in [1.82, 2.24) is 4.90 Å². The molecule has 1 rings (SSSR count). The fourth-order valence-corrected chi connectivity index (χ4v) is 1.27. The van der Waals surface area contributed by atoms with Gasteiger partial charge in [-0.15, -0.1) is 0 Å². The third-order valence-corrected chi connectivity index (χ3v) is 1.81. The zero-order valence-electron chi connectivity index (χ0n) is 7.95. The Labute approximate surface area is 81.8 Å². The number of phenolic OH excluding ortho intramolecular Hbond substituents is 1. The molecule has 4 heteroatoms. The number of hydrogen-bond acceptors (Lipinski definition) is 2. The van der Waals surface area contributed by atoms with Crippen molar-refractivity contribution >= 4 is 0 Å². The summed E-state index contributed by atoms with van der Waals surface area (Å²) in [5.41, 5.74) is 0.827. The largest absolute Gasteiger partial charge is 0.508 e. The van der Waals surface area contributed by atoms with E-state index >= 15 is 0 Å². The number of rotatable bonds is 4. The van der Waals surface area contributed by atoms with E-state index in [0.29, 0.717) is 6.54 Å². The molecule has 1 aromatic rings. The summed E-state index contributed by atoms with van der Waals surface area (Å²) >= 11 is 0. The van der Waals surface area contributed by atoms with Gasteiger partial charge in [0.15, 0.2) is 0 Å². The molecule has 78 valence electrons. The number of hydrogen-bond donors (Lipinski definition) is 1. The van der Waals surface area contributed by atoms with Gasteiger partial charge in [0.1, 0.15) is 5.75 Å². The highest BCUT2D eigenvalue weighted by molar-refractivity contribution is 5.26. The minimum Gasteiger partial charge on any atom is -0.508 e. The van der Waals surface area contributed by atoms with Crippen molar-refractivity contribution in [3.63, 3.8) is 0 Å². The molecule has 0 unspecified atom stereocenters. The van der Waals surface area contributed by atoms with Crippen molar-refractivity contribution in [1.29, 1.82) is 0 Å². The van der Waals surface area contributed by atoms with Gasteiger partial charge in [-0.3, -0.25) is 4.90 Å². The van der Waals surface area contributed by atoms with Crippen molar-refractivity contribution in [2.45, 2.75) is 13.0 Å². The molecule has 1 N–H and O–H groups in total. The van der Waals surface area contributed by atoms with Gasteiger partial charge in [0.2, 0.25) is 0 Å². The van der Waals surface area contributed by atoms with Crippen LogP contribution in [0.15, 0.2) is 24.3 Å². The van der Waals surface area contributed by atoms with Crippen LogP contribution >= 0.6 is 0 Å². The molecule has 2 nitrogen and oxygen atoms in total. The number of aromatic hydroxyl groups is 1. The molecule has 0 fully saturated rings. The lowest BCUT2D eigenvalue weighted by atomic mass is 10.2. The van der Waals surface area contributed by atoms with E-state index in [1.54, 1.807) is 31.3 Å². The average molecular weight is 201 g/mol. The highest BCUT2D eigenvalue weighted by Gasteiger charge is 2.07. The van der Waals surface area contributed by atoms with Crippen LogP contribution in [0, 0.1) is 0 Å². The van der Waals surface area contributed by atoms with Gasteiger partial charge in [-0.1, -0.05) is 12.1 Å². The van der Waals surface area contributed by atoms with Gasteiger partial charge in [-0.25, -0.2) is 8.78 Å². The minimum atomic E-state index is -2.32. The first kappa shape index (κ1) is 10.9. The van der Waals surface area contributed by atoms with Gasteiger partial charge in [0.25, 0.3) is 6.43 Å². The molecule has 0 amide bonds. The van der Waals surface area contributed by atoms with Crippen LogP contribution < -0.4 is 0 Å². The molecule has 0 saturated heterocycles. The number of phenols is 1. The normalized spacial score (nSPS) is 11.2. The van der Waals surface area contributed by atoms with Crippen LogP contribution in [-0.2, 0) is 6.54 Å². The Kier molecular flexibility index (Phi) is 3.83. The lowest BCUT2D eigenvalue weighted by Gasteiger charge is -2.15. The highest BCUT2D eigenvalue weighted by atomic mass is 19.3. The molecule has 0 aliphatic rings. The Morgan fingerprint density at radius 3 is 2.71 bits per heavy atom. The molecular formula is C10H13F2NO. The summed E-state index contributed by atoms with van der Waals surface area (Å²) in [6.07, 6.45) is -2.32. The van der Waals surface area contributed by atoms with E-state index in [1.165, 1.54) is 4.90 Å². The van der Waals surface area contributed by atoms with E-state index in [-0.39, 0.29) is 12.3 Å². The molecule has 0 bridgehead atoms. The fourth-order valence-electron chi connectivity index (χ4n) is 1.27. The van der Waals surface area contributed by atoms with Gasteiger partial charge in [0, 0.05) is 6.54 Å². The van der Waals surface area contributed by atoms with E-state index in [4.69, 9.17) is 5.11 Å². The first-order valence-electron chi connectivity index (χ1n) is 4.32. The zero-order valence-corrected chi connectivity index (χ0v) is 7.95. The Morgan fingerprint density at radius 2 is 2.14 bits per heavy atom. The first-order valence-corrected chi connectivity index (χ1v) is 4.32. The Balaban J connectivity index is 2.51. The molecule has 0 saturated carbocycles. The van der Waals surface area contributed by atoms with Gasteiger partial charge < -0.3 is 5.11 Å². The standard InChI is InChI=1S/C10H13F2NO/c1-13(7-10(11)12)6-8-3-2-4-9(14)5-8/h2-5,10,14H,6-7H2,1H3.